The Bertz CT molecular complexity index is 895. The van der Waals surface area contributed by atoms with Gasteiger partial charge in [0.1, 0.15) is 0 Å². The van der Waals surface area contributed by atoms with E-state index in [0.717, 1.165) is 17.0 Å². The minimum Gasteiger partial charge on any atom is -0.481 e. The predicted octanol–water partition coefficient (Wildman–Crippen LogP) is 6.72. The summed E-state index contributed by atoms with van der Waals surface area (Å²) in [5.74, 6) is -0.740. The van der Waals surface area contributed by atoms with Crippen LogP contribution < -0.4 is 0 Å². The fourth-order valence-corrected chi connectivity index (χ4v) is 7.18. The molecule has 174 valence electrons. The zero-order valence-corrected chi connectivity index (χ0v) is 19.6. The van der Waals surface area contributed by atoms with Crippen LogP contribution >= 0.6 is 0 Å². The molecule has 1 aromatic heterocycles. The van der Waals surface area contributed by atoms with Crippen LogP contribution in [0.5, 0.6) is 0 Å². The topological polar surface area (TPSA) is 45.5 Å². The molecule has 3 heterocycles. The molecule has 0 amide bonds. The third kappa shape index (κ3) is 4.62. The van der Waals surface area contributed by atoms with Gasteiger partial charge in [0.2, 0.25) is 0 Å². The second-order valence-corrected chi connectivity index (χ2v) is 10.7. The minimum absolute atomic E-state index is 0.112. The van der Waals surface area contributed by atoms with Crippen LogP contribution in [0.15, 0.2) is 30.5 Å². The molecule has 1 aromatic carbocycles. The van der Waals surface area contributed by atoms with Gasteiger partial charge in [-0.2, -0.15) is 0 Å². The molecule has 2 aliphatic heterocycles. The van der Waals surface area contributed by atoms with Gasteiger partial charge in [-0.1, -0.05) is 69.6 Å². The molecule has 2 bridgehead atoms. The number of hydrogen-bond acceptors (Lipinski definition) is 2. The molecule has 2 aromatic rings. The van der Waals surface area contributed by atoms with Crippen LogP contribution in [0, 0.1) is 0 Å². The van der Waals surface area contributed by atoms with Crippen LogP contribution in [0.25, 0.3) is 10.9 Å². The summed E-state index contributed by atoms with van der Waals surface area (Å²) in [6.07, 6.45) is 21.5. The minimum atomic E-state index is -0.740. The van der Waals surface area contributed by atoms with Crippen molar-refractivity contribution in [3.63, 3.8) is 0 Å². The summed E-state index contributed by atoms with van der Waals surface area (Å²) in [4.78, 5) is 14.4. The summed E-state index contributed by atoms with van der Waals surface area (Å²) in [7, 11) is 0. The number of piperidine rings is 2. The molecule has 0 spiro atoms. The van der Waals surface area contributed by atoms with E-state index in [1.807, 2.05) is 6.07 Å². The van der Waals surface area contributed by atoms with Crippen LogP contribution in [-0.4, -0.2) is 38.7 Å². The fraction of sp³-hybridized carbons (Fsp3) is 0.679. The maximum Gasteiger partial charge on any atom is 0.307 e. The number of carboxylic acid groups (broad SMARTS) is 1. The van der Waals surface area contributed by atoms with Gasteiger partial charge in [-0.25, -0.2) is 0 Å². The zero-order chi connectivity index (χ0) is 21.9. The first-order valence-corrected chi connectivity index (χ1v) is 13.3. The molecule has 1 saturated carbocycles. The number of aromatic nitrogens is 1. The lowest BCUT2D eigenvalue weighted by Crippen LogP contribution is -2.56. The van der Waals surface area contributed by atoms with Gasteiger partial charge in [-0.3, -0.25) is 9.69 Å². The van der Waals surface area contributed by atoms with Gasteiger partial charge in [0.15, 0.2) is 0 Å². The van der Waals surface area contributed by atoms with Gasteiger partial charge in [0, 0.05) is 41.3 Å². The SMILES string of the molecule is O=C(O)Cc1cn([C@@H]2C[C@H]3CCC[C@@H](C2)N3C2CCCCCCCCC2)c2ccccc12. The monoisotopic (exact) mass is 436 g/mol. The van der Waals surface area contributed by atoms with Crippen molar-refractivity contribution in [3.8, 4) is 0 Å². The number of carbonyl (C=O) groups is 1. The Labute approximate surface area is 193 Å². The third-order valence-electron chi connectivity index (χ3n) is 8.56. The second kappa shape index (κ2) is 9.99. The summed E-state index contributed by atoms with van der Waals surface area (Å²) in [5.41, 5.74) is 2.19. The van der Waals surface area contributed by atoms with Crippen molar-refractivity contribution in [1.82, 2.24) is 9.47 Å². The average molecular weight is 437 g/mol. The first-order valence-electron chi connectivity index (χ1n) is 13.3. The predicted molar refractivity (Wildman–Crippen MR) is 130 cm³/mol. The Morgan fingerprint density at radius 3 is 2.03 bits per heavy atom. The van der Waals surface area contributed by atoms with Crippen molar-refractivity contribution < 1.29 is 9.90 Å². The van der Waals surface area contributed by atoms with E-state index in [-0.39, 0.29) is 6.42 Å². The first kappa shape index (κ1) is 22.0. The molecule has 0 unspecified atom stereocenters. The number of nitrogens with zero attached hydrogens (tertiary/aromatic N) is 2. The number of aliphatic carboxylic acids is 1. The number of benzene rings is 1. The van der Waals surface area contributed by atoms with Crippen molar-refractivity contribution in [2.75, 3.05) is 0 Å². The van der Waals surface area contributed by atoms with E-state index in [9.17, 15) is 9.90 Å². The molecule has 4 nitrogen and oxygen atoms in total. The fourth-order valence-electron chi connectivity index (χ4n) is 7.18. The number of carboxylic acids is 1. The first-order chi connectivity index (χ1) is 15.7. The van der Waals surface area contributed by atoms with Crippen LogP contribution in [0.1, 0.15) is 101 Å². The summed E-state index contributed by atoms with van der Waals surface area (Å²) in [5, 5.41) is 10.5. The lowest BCUT2D eigenvalue weighted by molar-refractivity contribution is -0.136. The van der Waals surface area contributed by atoms with Crippen molar-refractivity contribution >= 4 is 16.9 Å². The number of hydrogen-bond donors (Lipinski definition) is 1. The highest BCUT2D eigenvalue weighted by molar-refractivity contribution is 5.87. The molecule has 1 aliphatic carbocycles. The summed E-state index contributed by atoms with van der Waals surface area (Å²) in [6, 6.07) is 11.1. The molecule has 32 heavy (non-hydrogen) atoms. The van der Waals surface area contributed by atoms with E-state index in [4.69, 9.17) is 0 Å². The smallest absolute Gasteiger partial charge is 0.307 e. The van der Waals surface area contributed by atoms with Gasteiger partial charge in [0.25, 0.3) is 0 Å². The van der Waals surface area contributed by atoms with Crippen LogP contribution in [-0.2, 0) is 11.2 Å². The Morgan fingerprint density at radius 2 is 1.38 bits per heavy atom. The van der Waals surface area contributed by atoms with Crippen molar-refractivity contribution in [3.05, 3.63) is 36.0 Å². The van der Waals surface area contributed by atoms with E-state index >= 15 is 0 Å². The average Bonchev–Trinajstić information content (AvgIpc) is 3.14. The summed E-state index contributed by atoms with van der Waals surface area (Å²) in [6.45, 7) is 0. The van der Waals surface area contributed by atoms with Crippen molar-refractivity contribution in [1.29, 1.82) is 0 Å². The molecule has 0 radical (unpaired) electrons. The van der Waals surface area contributed by atoms with Gasteiger partial charge >= 0.3 is 5.97 Å². The largest absolute Gasteiger partial charge is 0.481 e. The Balaban J connectivity index is 1.38. The molecule has 2 saturated heterocycles. The molecular formula is C28H40N2O2. The summed E-state index contributed by atoms with van der Waals surface area (Å²) < 4.78 is 2.45. The maximum absolute atomic E-state index is 11.5. The van der Waals surface area contributed by atoms with Gasteiger partial charge < -0.3 is 9.67 Å². The quantitative estimate of drug-likeness (QED) is 0.579. The Hall–Kier alpha value is -1.81. The normalized spacial score (nSPS) is 28.6. The van der Waals surface area contributed by atoms with Gasteiger partial charge in [-0.15, -0.1) is 0 Å². The molecule has 3 fully saturated rings. The van der Waals surface area contributed by atoms with Crippen LogP contribution in [0.2, 0.25) is 0 Å². The summed E-state index contributed by atoms with van der Waals surface area (Å²) >= 11 is 0. The number of fused-ring (bicyclic) bond motifs is 3. The van der Waals surface area contributed by atoms with Crippen LogP contribution in [0.3, 0.4) is 0 Å². The van der Waals surface area contributed by atoms with Crippen molar-refractivity contribution in [2.45, 2.75) is 120 Å². The molecule has 4 heteroatoms. The highest BCUT2D eigenvalue weighted by atomic mass is 16.4. The van der Waals surface area contributed by atoms with E-state index in [1.54, 1.807) is 0 Å². The van der Waals surface area contributed by atoms with E-state index in [2.05, 4.69) is 33.9 Å². The lowest BCUT2D eigenvalue weighted by Gasteiger charge is -2.53. The second-order valence-electron chi connectivity index (χ2n) is 10.7. The van der Waals surface area contributed by atoms with E-state index < -0.39 is 5.97 Å². The number of para-hydroxylation sites is 1. The van der Waals surface area contributed by atoms with Crippen molar-refractivity contribution in [2.24, 2.45) is 0 Å². The maximum atomic E-state index is 11.5. The lowest BCUT2D eigenvalue weighted by atomic mass is 9.79. The standard InChI is InChI=1S/C28H40N2O2/c31-28(32)17-21-20-29(27-16-9-8-15-26(21)27)25-18-23-13-10-14-24(19-25)30(23)22-11-6-4-2-1-3-5-7-12-22/h8-9,15-16,20,22-25H,1-7,10-14,17-19H2,(H,31,32)/t23-,24+,25-. The van der Waals surface area contributed by atoms with Gasteiger partial charge in [-0.05, 0) is 50.2 Å². The molecular weight excluding hydrogens is 396 g/mol. The Kier molecular flexibility index (Phi) is 6.87. The van der Waals surface area contributed by atoms with Crippen LogP contribution in [0.4, 0.5) is 0 Å². The molecule has 1 N–H and O–H groups in total. The third-order valence-corrected chi connectivity index (χ3v) is 8.56. The highest BCUT2D eigenvalue weighted by Gasteiger charge is 2.42. The van der Waals surface area contributed by atoms with Gasteiger partial charge in [0.05, 0.1) is 6.42 Å². The molecule has 3 atom stereocenters. The number of rotatable bonds is 4. The highest BCUT2D eigenvalue weighted by Crippen LogP contribution is 2.43. The zero-order valence-electron chi connectivity index (χ0n) is 19.6. The molecule has 5 rings (SSSR count). The van der Waals surface area contributed by atoms with E-state index in [0.29, 0.717) is 18.1 Å². The van der Waals surface area contributed by atoms with E-state index in [1.165, 1.54) is 95.4 Å². The molecule has 3 aliphatic rings. The Morgan fingerprint density at radius 1 is 0.781 bits per heavy atom.